The maximum atomic E-state index is 13.8. The summed E-state index contributed by atoms with van der Waals surface area (Å²) in [6.45, 7) is 9.56. The molecule has 0 saturated carbocycles. The van der Waals surface area contributed by atoms with Crippen molar-refractivity contribution in [3.8, 4) is 0 Å². The maximum absolute atomic E-state index is 13.8. The minimum Gasteiger partial charge on any atom is -0.382 e. The summed E-state index contributed by atoms with van der Waals surface area (Å²) >= 11 is 0. The number of hydrogen-bond acceptors (Lipinski definition) is 2. The van der Waals surface area contributed by atoms with Crippen LogP contribution < -0.4 is 10.6 Å². The third kappa shape index (κ3) is 4.51. The molecule has 0 fully saturated rings. The van der Waals surface area contributed by atoms with Crippen molar-refractivity contribution >= 4 is 11.6 Å². The molecule has 0 saturated heterocycles. The molecule has 1 aromatic carbocycles. The van der Waals surface area contributed by atoms with Gasteiger partial charge in [0.25, 0.3) is 5.91 Å². The lowest BCUT2D eigenvalue weighted by Gasteiger charge is -2.17. The summed E-state index contributed by atoms with van der Waals surface area (Å²) in [5.41, 5.74) is 0.665. The van der Waals surface area contributed by atoms with Crippen LogP contribution in [-0.4, -0.2) is 19.0 Å². The molecular weight excluding hydrogens is 255 g/mol. The molecule has 0 aliphatic rings. The number of benzene rings is 1. The van der Waals surface area contributed by atoms with Crippen molar-refractivity contribution in [3.05, 3.63) is 29.6 Å². The average Bonchev–Trinajstić information content (AvgIpc) is 2.42. The Bertz CT molecular complexity index is 446. The van der Waals surface area contributed by atoms with Gasteiger partial charge in [0.05, 0.1) is 11.3 Å². The monoisotopic (exact) mass is 280 g/mol. The second kappa shape index (κ2) is 7.88. The molecule has 20 heavy (non-hydrogen) atoms. The third-order valence-corrected chi connectivity index (χ3v) is 3.53. The van der Waals surface area contributed by atoms with Crippen molar-refractivity contribution in [3.63, 3.8) is 0 Å². The molecule has 0 heterocycles. The van der Waals surface area contributed by atoms with Crippen LogP contribution in [0.15, 0.2) is 18.2 Å². The highest BCUT2D eigenvalue weighted by Crippen LogP contribution is 2.20. The Balaban J connectivity index is 2.79. The molecule has 0 radical (unpaired) electrons. The lowest BCUT2D eigenvalue weighted by Crippen LogP contribution is -2.30. The van der Waals surface area contributed by atoms with Crippen LogP contribution in [0.2, 0.25) is 0 Å². The summed E-state index contributed by atoms with van der Waals surface area (Å²) in [5.74, 6) is 0.277. The Morgan fingerprint density at radius 2 is 2.00 bits per heavy atom. The molecule has 1 unspecified atom stereocenters. The van der Waals surface area contributed by atoms with E-state index in [2.05, 4.69) is 31.4 Å². The Morgan fingerprint density at radius 3 is 2.60 bits per heavy atom. The fourth-order valence-electron chi connectivity index (χ4n) is 1.73. The van der Waals surface area contributed by atoms with Crippen LogP contribution in [0.5, 0.6) is 0 Å². The van der Waals surface area contributed by atoms with E-state index in [0.29, 0.717) is 36.2 Å². The van der Waals surface area contributed by atoms with Crippen LogP contribution >= 0.6 is 0 Å². The second-order valence-electron chi connectivity index (χ2n) is 5.52. The second-order valence-corrected chi connectivity index (χ2v) is 5.52. The van der Waals surface area contributed by atoms with Crippen molar-refractivity contribution < 1.29 is 9.18 Å². The first-order valence-electron chi connectivity index (χ1n) is 7.27. The normalized spacial score (nSPS) is 12.3. The van der Waals surface area contributed by atoms with Gasteiger partial charge in [-0.15, -0.1) is 0 Å². The number of carbonyl (C=O) groups excluding carboxylic acids is 1. The van der Waals surface area contributed by atoms with E-state index in [-0.39, 0.29) is 11.7 Å². The summed E-state index contributed by atoms with van der Waals surface area (Å²) in [7, 11) is 0. The molecule has 2 N–H and O–H groups in total. The van der Waals surface area contributed by atoms with Crippen LogP contribution in [0.1, 0.15) is 44.5 Å². The van der Waals surface area contributed by atoms with Gasteiger partial charge in [-0.25, -0.2) is 4.39 Å². The van der Waals surface area contributed by atoms with Crippen molar-refractivity contribution in [1.29, 1.82) is 0 Å². The molecule has 1 amide bonds. The van der Waals surface area contributed by atoms with E-state index in [0.717, 1.165) is 6.42 Å². The van der Waals surface area contributed by atoms with Crippen LogP contribution in [0.4, 0.5) is 10.1 Å². The summed E-state index contributed by atoms with van der Waals surface area (Å²) < 4.78 is 13.8. The van der Waals surface area contributed by atoms with Gasteiger partial charge in [0.1, 0.15) is 5.82 Å². The number of nitrogens with one attached hydrogen (secondary N) is 2. The average molecular weight is 280 g/mol. The minimum absolute atomic E-state index is 0.226. The van der Waals surface area contributed by atoms with Crippen molar-refractivity contribution in [2.75, 3.05) is 18.4 Å². The fourth-order valence-corrected chi connectivity index (χ4v) is 1.73. The van der Waals surface area contributed by atoms with Gasteiger partial charge in [0.15, 0.2) is 0 Å². The SMILES string of the molecule is CCCNc1c(F)cccc1C(=O)NCC(C)C(C)C. The predicted molar refractivity (Wildman–Crippen MR) is 81.5 cm³/mol. The molecule has 0 spiro atoms. The van der Waals surface area contributed by atoms with Crippen molar-refractivity contribution in [2.45, 2.75) is 34.1 Å². The molecule has 1 aromatic rings. The highest BCUT2D eigenvalue weighted by atomic mass is 19.1. The van der Waals surface area contributed by atoms with E-state index in [9.17, 15) is 9.18 Å². The first kappa shape index (κ1) is 16.5. The van der Waals surface area contributed by atoms with Crippen molar-refractivity contribution in [2.24, 2.45) is 11.8 Å². The number of rotatable bonds is 7. The van der Waals surface area contributed by atoms with E-state index < -0.39 is 0 Å². The number of carbonyl (C=O) groups is 1. The number of anilines is 1. The summed E-state index contributed by atoms with van der Waals surface area (Å²) in [6.07, 6.45) is 0.875. The first-order valence-corrected chi connectivity index (χ1v) is 7.27. The standard InChI is InChI=1S/C16H25FN2O/c1-5-9-18-15-13(7-6-8-14(15)17)16(20)19-10-12(4)11(2)3/h6-8,11-12,18H,5,9-10H2,1-4H3,(H,19,20). The van der Waals surface area contributed by atoms with Gasteiger partial charge >= 0.3 is 0 Å². The van der Waals surface area contributed by atoms with E-state index in [4.69, 9.17) is 0 Å². The van der Waals surface area contributed by atoms with Gasteiger partial charge in [-0.3, -0.25) is 4.79 Å². The van der Waals surface area contributed by atoms with E-state index >= 15 is 0 Å². The lowest BCUT2D eigenvalue weighted by molar-refractivity contribution is 0.0945. The molecule has 0 bridgehead atoms. The van der Waals surface area contributed by atoms with Crippen LogP contribution in [-0.2, 0) is 0 Å². The maximum Gasteiger partial charge on any atom is 0.253 e. The van der Waals surface area contributed by atoms with E-state index in [1.54, 1.807) is 12.1 Å². The predicted octanol–water partition coefficient (Wildman–Crippen LogP) is 3.67. The topological polar surface area (TPSA) is 41.1 Å². The molecule has 3 nitrogen and oxygen atoms in total. The summed E-state index contributed by atoms with van der Waals surface area (Å²) in [5, 5.41) is 5.87. The van der Waals surface area contributed by atoms with Gasteiger partial charge in [-0.1, -0.05) is 33.8 Å². The largest absolute Gasteiger partial charge is 0.382 e. The molecule has 112 valence electrons. The lowest BCUT2D eigenvalue weighted by atomic mass is 9.98. The molecule has 0 aliphatic carbocycles. The summed E-state index contributed by atoms with van der Waals surface area (Å²) in [6, 6.07) is 4.58. The quantitative estimate of drug-likeness (QED) is 0.800. The van der Waals surface area contributed by atoms with E-state index in [1.165, 1.54) is 6.07 Å². The number of amides is 1. The molecule has 1 atom stereocenters. The molecule has 0 aliphatic heterocycles. The van der Waals surface area contributed by atoms with Gasteiger partial charge in [0.2, 0.25) is 0 Å². The highest BCUT2D eigenvalue weighted by Gasteiger charge is 2.16. The summed E-state index contributed by atoms with van der Waals surface area (Å²) in [4.78, 5) is 12.2. The van der Waals surface area contributed by atoms with Crippen LogP contribution in [0.3, 0.4) is 0 Å². The third-order valence-electron chi connectivity index (χ3n) is 3.53. The molecule has 4 heteroatoms. The Kier molecular flexibility index (Phi) is 6.49. The Labute approximate surface area is 121 Å². The number of para-hydroxylation sites is 1. The molecular formula is C16H25FN2O. The van der Waals surface area contributed by atoms with Gasteiger partial charge in [-0.2, -0.15) is 0 Å². The molecule has 0 aromatic heterocycles. The van der Waals surface area contributed by atoms with Gasteiger partial charge in [-0.05, 0) is 30.4 Å². The Morgan fingerprint density at radius 1 is 1.30 bits per heavy atom. The molecule has 1 rings (SSSR count). The van der Waals surface area contributed by atoms with Gasteiger partial charge in [0, 0.05) is 13.1 Å². The van der Waals surface area contributed by atoms with Gasteiger partial charge < -0.3 is 10.6 Å². The highest BCUT2D eigenvalue weighted by molar-refractivity contribution is 5.99. The number of halogens is 1. The zero-order valence-electron chi connectivity index (χ0n) is 12.8. The fraction of sp³-hybridized carbons (Fsp3) is 0.562. The number of hydrogen-bond donors (Lipinski definition) is 2. The zero-order valence-corrected chi connectivity index (χ0v) is 12.8. The smallest absolute Gasteiger partial charge is 0.253 e. The van der Waals surface area contributed by atoms with Crippen molar-refractivity contribution in [1.82, 2.24) is 5.32 Å². The first-order chi connectivity index (χ1) is 9.47. The van der Waals surface area contributed by atoms with Crippen LogP contribution in [0.25, 0.3) is 0 Å². The van der Waals surface area contributed by atoms with Crippen LogP contribution in [0, 0.1) is 17.7 Å². The van der Waals surface area contributed by atoms with E-state index in [1.807, 2.05) is 6.92 Å². The minimum atomic E-state index is -0.386. The Hall–Kier alpha value is -1.58. The zero-order chi connectivity index (χ0) is 15.1.